The molecule has 2 N–H and O–H groups in total. The highest BCUT2D eigenvalue weighted by Gasteiger charge is 2.04. The Kier molecular flexibility index (Phi) is 2.41. The van der Waals surface area contributed by atoms with Crippen LogP contribution in [0.15, 0.2) is 33.7 Å². The van der Waals surface area contributed by atoms with E-state index >= 15 is 0 Å². The Morgan fingerprint density at radius 1 is 1.29 bits per heavy atom. The van der Waals surface area contributed by atoms with Crippen molar-refractivity contribution in [2.75, 3.05) is 12.0 Å². The molecule has 0 atom stereocenters. The van der Waals surface area contributed by atoms with Crippen molar-refractivity contribution in [1.82, 2.24) is 10.1 Å². The average molecular weight is 207 g/mol. The fourth-order valence-electron chi connectivity index (χ4n) is 1.09. The van der Waals surface area contributed by atoms with E-state index < -0.39 is 0 Å². The molecule has 2 rings (SSSR count). The first-order chi connectivity index (χ1) is 6.79. The molecule has 0 spiro atoms. The Morgan fingerprint density at radius 3 is 2.50 bits per heavy atom. The van der Waals surface area contributed by atoms with Crippen molar-refractivity contribution in [1.29, 1.82) is 0 Å². The lowest BCUT2D eigenvalue weighted by Crippen LogP contribution is -1.83. The summed E-state index contributed by atoms with van der Waals surface area (Å²) in [5.74, 6) is 0.523. The van der Waals surface area contributed by atoms with E-state index in [1.165, 1.54) is 4.90 Å². The van der Waals surface area contributed by atoms with Crippen molar-refractivity contribution in [2.24, 2.45) is 0 Å². The van der Waals surface area contributed by atoms with E-state index in [-0.39, 0.29) is 6.01 Å². The summed E-state index contributed by atoms with van der Waals surface area (Å²) in [5, 5.41) is 3.72. The third kappa shape index (κ3) is 1.72. The molecule has 4 nitrogen and oxygen atoms in total. The molecule has 2 aromatic rings. The minimum absolute atomic E-state index is 0.0916. The highest BCUT2D eigenvalue weighted by atomic mass is 32.2. The molecule has 0 aliphatic heterocycles. The second kappa shape index (κ2) is 3.71. The normalized spacial score (nSPS) is 10.4. The molecule has 72 valence electrons. The van der Waals surface area contributed by atoms with Gasteiger partial charge in [-0.2, -0.15) is 4.98 Å². The zero-order valence-electron chi connectivity index (χ0n) is 7.60. The predicted molar refractivity (Wildman–Crippen MR) is 55.9 cm³/mol. The van der Waals surface area contributed by atoms with Gasteiger partial charge in [0.25, 0.3) is 0 Å². The maximum Gasteiger partial charge on any atom is 0.319 e. The van der Waals surface area contributed by atoms with E-state index in [4.69, 9.17) is 5.73 Å². The van der Waals surface area contributed by atoms with Crippen molar-refractivity contribution >= 4 is 17.8 Å². The van der Waals surface area contributed by atoms with Crippen LogP contribution in [0.5, 0.6) is 0 Å². The number of nitrogen functional groups attached to an aromatic ring is 1. The number of anilines is 1. The number of hydrogen-bond acceptors (Lipinski definition) is 5. The quantitative estimate of drug-likeness (QED) is 0.763. The van der Waals surface area contributed by atoms with Crippen LogP contribution in [0.25, 0.3) is 11.4 Å². The summed E-state index contributed by atoms with van der Waals surface area (Å²) in [6.45, 7) is 0. The smallest absolute Gasteiger partial charge is 0.319 e. The first-order valence-corrected chi connectivity index (χ1v) is 5.25. The lowest BCUT2D eigenvalue weighted by Gasteiger charge is -1.96. The highest BCUT2D eigenvalue weighted by Crippen LogP contribution is 2.20. The monoisotopic (exact) mass is 207 g/mol. The van der Waals surface area contributed by atoms with Crippen molar-refractivity contribution < 1.29 is 4.52 Å². The van der Waals surface area contributed by atoms with Crippen LogP contribution in [0, 0.1) is 0 Å². The first-order valence-electron chi connectivity index (χ1n) is 4.03. The summed E-state index contributed by atoms with van der Waals surface area (Å²) in [6, 6.07) is 7.99. The minimum Gasteiger partial charge on any atom is -0.351 e. The van der Waals surface area contributed by atoms with Crippen LogP contribution in [0.4, 0.5) is 6.01 Å². The van der Waals surface area contributed by atoms with Crippen LogP contribution >= 0.6 is 11.8 Å². The molecule has 1 heterocycles. The van der Waals surface area contributed by atoms with E-state index in [0.29, 0.717) is 5.82 Å². The Balaban J connectivity index is 2.33. The first kappa shape index (κ1) is 9.08. The van der Waals surface area contributed by atoms with Crippen molar-refractivity contribution in [3.8, 4) is 11.4 Å². The fraction of sp³-hybridized carbons (Fsp3) is 0.111. The molecule has 0 bridgehead atoms. The van der Waals surface area contributed by atoms with Crippen LogP contribution in [0.2, 0.25) is 0 Å². The van der Waals surface area contributed by atoms with Gasteiger partial charge in [0.2, 0.25) is 5.82 Å². The van der Waals surface area contributed by atoms with Gasteiger partial charge in [0, 0.05) is 10.5 Å². The maximum atomic E-state index is 5.33. The number of nitrogens with two attached hydrogens (primary N) is 1. The van der Waals surface area contributed by atoms with Crippen LogP contribution in [-0.2, 0) is 0 Å². The van der Waals surface area contributed by atoms with E-state index in [0.717, 1.165) is 5.56 Å². The van der Waals surface area contributed by atoms with Crippen molar-refractivity contribution in [3.05, 3.63) is 24.3 Å². The molecule has 0 aliphatic carbocycles. The summed E-state index contributed by atoms with van der Waals surface area (Å²) in [4.78, 5) is 5.13. The summed E-state index contributed by atoms with van der Waals surface area (Å²) < 4.78 is 4.69. The summed E-state index contributed by atoms with van der Waals surface area (Å²) >= 11 is 1.69. The number of benzene rings is 1. The third-order valence-electron chi connectivity index (χ3n) is 1.79. The van der Waals surface area contributed by atoms with E-state index in [1.54, 1.807) is 11.8 Å². The lowest BCUT2D eigenvalue weighted by atomic mass is 10.2. The number of thioether (sulfide) groups is 1. The highest BCUT2D eigenvalue weighted by molar-refractivity contribution is 7.98. The van der Waals surface area contributed by atoms with Gasteiger partial charge >= 0.3 is 6.01 Å². The van der Waals surface area contributed by atoms with Crippen LogP contribution in [0.3, 0.4) is 0 Å². The van der Waals surface area contributed by atoms with Gasteiger partial charge in [0.05, 0.1) is 0 Å². The molecule has 1 aromatic carbocycles. The van der Waals surface area contributed by atoms with Gasteiger partial charge in [-0.25, -0.2) is 0 Å². The molecule has 1 aromatic heterocycles. The van der Waals surface area contributed by atoms with Gasteiger partial charge < -0.3 is 10.3 Å². The molecular formula is C9H9N3OS. The molecule has 14 heavy (non-hydrogen) atoms. The van der Waals surface area contributed by atoms with E-state index in [2.05, 4.69) is 14.7 Å². The SMILES string of the molecule is CSc1ccc(-c2noc(N)n2)cc1. The Morgan fingerprint density at radius 2 is 2.00 bits per heavy atom. The van der Waals surface area contributed by atoms with Crippen LogP contribution in [0.1, 0.15) is 0 Å². The fourth-order valence-corrected chi connectivity index (χ4v) is 1.50. The molecule has 5 heteroatoms. The van der Waals surface area contributed by atoms with Crippen LogP contribution < -0.4 is 5.73 Å². The van der Waals surface area contributed by atoms with Crippen molar-refractivity contribution in [3.63, 3.8) is 0 Å². The number of aromatic nitrogens is 2. The molecule has 0 unspecified atom stereocenters. The molecule has 0 amide bonds. The molecule has 0 saturated carbocycles. The lowest BCUT2D eigenvalue weighted by molar-refractivity contribution is 0.437. The van der Waals surface area contributed by atoms with Crippen molar-refractivity contribution in [2.45, 2.75) is 4.90 Å². The Hall–Kier alpha value is -1.49. The molecule has 0 radical (unpaired) electrons. The zero-order chi connectivity index (χ0) is 9.97. The van der Waals surface area contributed by atoms with E-state index in [1.807, 2.05) is 30.5 Å². The van der Waals surface area contributed by atoms with Gasteiger partial charge in [-0.05, 0) is 30.5 Å². The van der Waals surface area contributed by atoms with Gasteiger partial charge in [-0.1, -0.05) is 5.16 Å². The summed E-state index contributed by atoms with van der Waals surface area (Å²) in [5.41, 5.74) is 6.23. The third-order valence-corrected chi connectivity index (χ3v) is 2.53. The molecule has 0 saturated heterocycles. The zero-order valence-corrected chi connectivity index (χ0v) is 8.41. The average Bonchev–Trinajstić information content (AvgIpc) is 2.65. The molecule has 0 fully saturated rings. The largest absolute Gasteiger partial charge is 0.351 e. The second-order valence-corrected chi connectivity index (χ2v) is 3.56. The minimum atomic E-state index is 0.0916. The molecule has 0 aliphatic rings. The van der Waals surface area contributed by atoms with Gasteiger partial charge in [-0.3, -0.25) is 0 Å². The Bertz CT molecular complexity index is 424. The van der Waals surface area contributed by atoms with E-state index in [9.17, 15) is 0 Å². The van der Waals surface area contributed by atoms with Gasteiger partial charge in [0.1, 0.15) is 0 Å². The summed E-state index contributed by atoms with van der Waals surface area (Å²) in [6.07, 6.45) is 2.03. The van der Waals surface area contributed by atoms with Gasteiger partial charge in [0.15, 0.2) is 0 Å². The Labute approximate surface area is 85.5 Å². The summed E-state index contributed by atoms with van der Waals surface area (Å²) in [7, 11) is 0. The van der Waals surface area contributed by atoms with Gasteiger partial charge in [-0.15, -0.1) is 11.8 Å². The standard InChI is InChI=1S/C9H9N3OS/c1-14-7-4-2-6(3-5-7)8-11-9(10)13-12-8/h2-5H,1H3,(H2,10,11,12). The van der Waals surface area contributed by atoms with Crippen LogP contribution in [-0.4, -0.2) is 16.4 Å². The number of rotatable bonds is 2. The maximum absolute atomic E-state index is 5.33. The topological polar surface area (TPSA) is 64.9 Å². The number of hydrogen-bond donors (Lipinski definition) is 1. The second-order valence-electron chi connectivity index (χ2n) is 2.68. The number of nitrogens with zero attached hydrogens (tertiary/aromatic N) is 2. The molecular weight excluding hydrogens is 198 g/mol. The predicted octanol–water partition coefficient (Wildman–Crippen LogP) is 2.04.